The number of aliphatic imine (C=N–C) groups is 1. The normalized spacial score (nSPS) is 10.3. The summed E-state index contributed by atoms with van der Waals surface area (Å²) in [4.78, 5) is 10.7. The molecule has 0 saturated heterocycles. The van der Waals surface area contributed by atoms with E-state index in [1.54, 1.807) is 18.4 Å². The maximum Gasteiger partial charge on any atom is 0.199 e. The van der Waals surface area contributed by atoms with Gasteiger partial charge in [-0.3, -0.25) is 0 Å². The maximum absolute atomic E-state index is 5.41. The van der Waals surface area contributed by atoms with E-state index in [0.29, 0.717) is 17.5 Å². The quantitative estimate of drug-likeness (QED) is 0.662. The standard InChI is InChI=1S/C8H10N4/c1-3-5-10-7-6(4-2)11-8(9)12-7/h3-5H,1-2H2,(H3,9,11,12)/b10-5-. The Labute approximate surface area is 70.5 Å². The Morgan fingerprint density at radius 2 is 2.25 bits per heavy atom. The van der Waals surface area contributed by atoms with Crippen LogP contribution >= 0.6 is 0 Å². The van der Waals surface area contributed by atoms with Gasteiger partial charge in [0.2, 0.25) is 0 Å². The molecule has 0 spiro atoms. The van der Waals surface area contributed by atoms with Gasteiger partial charge in [0, 0.05) is 6.21 Å². The van der Waals surface area contributed by atoms with Crippen LogP contribution in [0.4, 0.5) is 11.8 Å². The van der Waals surface area contributed by atoms with E-state index in [1.165, 1.54) is 0 Å². The Morgan fingerprint density at radius 3 is 2.83 bits per heavy atom. The van der Waals surface area contributed by atoms with Crippen molar-refractivity contribution in [3.63, 3.8) is 0 Å². The van der Waals surface area contributed by atoms with Gasteiger partial charge in [-0.25, -0.2) is 9.98 Å². The van der Waals surface area contributed by atoms with Crippen LogP contribution in [0.25, 0.3) is 6.08 Å². The number of nitrogen functional groups attached to an aromatic ring is 1. The maximum atomic E-state index is 5.41. The predicted octanol–water partition coefficient (Wildman–Crippen LogP) is 1.52. The first kappa shape index (κ1) is 8.26. The van der Waals surface area contributed by atoms with Crippen LogP contribution < -0.4 is 5.73 Å². The lowest BCUT2D eigenvalue weighted by Gasteiger charge is -1.85. The summed E-state index contributed by atoms with van der Waals surface area (Å²) < 4.78 is 0. The second-order valence-corrected chi connectivity index (χ2v) is 2.07. The van der Waals surface area contributed by atoms with Crippen molar-refractivity contribution in [2.75, 3.05) is 5.73 Å². The van der Waals surface area contributed by atoms with Gasteiger partial charge in [0.05, 0.1) is 0 Å². The summed E-state index contributed by atoms with van der Waals surface area (Å²) >= 11 is 0. The topological polar surface area (TPSA) is 67.1 Å². The molecule has 0 unspecified atom stereocenters. The largest absolute Gasteiger partial charge is 0.369 e. The highest BCUT2D eigenvalue weighted by Crippen LogP contribution is 2.17. The Balaban J connectivity index is 3.04. The molecule has 0 atom stereocenters. The predicted molar refractivity (Wildman–Crippen MR) is 51.4 cm³/mol. The smallest absolute Gasteiger partial charge is 0.199 e. The van der Waals surface area contributed by atoms with Crippen LogP contribution in [0.15, 0.2) is 24.2 Å². The van der Waals surface area contributed by atoms with Crippen molar-refractivity contribution in [3.05, 3.63) is 24.9 Å². The van der Waals surface area contributed by atoms with Crippen molar-refractivity contribution < 1.29 is 0 Å². The fourth-order valence-corrected chi connectivity index (χ4v) is 0.764. The van der Waals surface area contributed by atoms with Crippen molar-refractivity contribution in [2.24, 2.45) is 4.99 Å². The number of aromatic amines is 1. The molecule has 3 N–H and O–H groups in total. The molecule has 0 fully saturated rings. The van der Waals surface area contributed by atoms with Gasteiger partial charge in [-0.1, -0.05) is 19.2 Å². The number of hydrogen-bond acceptors (Lipinski definition) is 3. The molecular formula is C8H10N4. The van der Waals surface area contributed by atoms with Gasteiger partial charge in [0.1, 0.15) is 5.69 Å². The van der Waals surface area contributed by atoms with E-state index in [4.69, 9.17) is 5.73 Å². The van der Waals surface area contributed by atoms with Crippen LogP contribution in [-0.2, 0) is 0 Å². The molecule has 0 aliphatic rings. The van der Waals surface area contributed by atoms with E-state index in [2.05, 4.69) is 28.1 Å². The van der Waals surface area contributed by atoms with Crippen molar-refractivity contribution in [3.8, 4) is 0 Å². The molecule has 4 nitrogen and oxygen atoms in total. The number of hydrogen-bond donors (Lipinski definition) is 2. The van der Waals surface area contributed by atoms with E-state index < -0.39 is 0 Å². The average molecular weight is 162 g/mol. The van der Waals surface area contributed by atoms with E-state index in [1.807, 2.05) is 0 Å². The Hall–Kier alpha value is -1.84. The highest BCUT2D eigenvalue weighted by atomic mass is 15.1. The van der Waals surface area contributed by atoms with Gasteiger partial charge in [0.25, 0.3) is 0 Å². The summed E-state index contributed by atoms with van der Waals surface area (Å²) in [5.74, 6) is 0.934. The molecular weight excluding hydrogens is 152 g/mol. The van der Waals surface area contributed by atoms with E-state index in [9.17, 15) is 0 Å². The summed E-state index contributed by atoms with van der Waals surface area (Å²) in [7, 11) is 0. The molecule has 0 amide bonds. The lowest BCUT2D eigenvalue weighted by Crippen LogP contribution is -1.84. The Morgan fingerprint density at radius 1 is 1.50 bits per heavy atom. The van der Waals surface area contributed by atoms with Gasteiger partial charge in [-0.15, -0.1) is 0 Å². The first-order valence-corrected chi connectivity index (χ1v) is 3.41. The zero-order valence-corrected chi connectivity index (χ0v) is 6.62. The van der Waals surface area contributed by atoms with Crippen molar-refractivity contribution in [1.82, 2.24) is 9.97 Å². The van der Waals surface area contributed by atoms with E-state index in [-0.39, 0.29) is 0 Å². The van der Waals surface area contributed by atoms with Crippen LogP contribution in [0.5, 0.6) is 0 Å². The van der Waals surface area contributed by atoms with Gasteiger partial charge in [0.15, 0.2) is 11.8 Å². The van der Waals surface area contributed by atoms with E-state index in [0.717, 1.165) is 0 Å². The number of nitrogens with one attached hydrogen (secondary N) is 1. The summed E-state index contributed by atoms with van der Waals surface area (Å²) in [6.07, 6.45) is 4.71. The van der Waals surface area contributed by atoms with Crippen LogP contribution in [0.2, 0.25) is 0 Å². The average Bonchev–Trinajstić information content (AvgIpc) is 2.42. The molecule has 0 radical (unpaired) electrons. The molecule has 62 valence electrons. The van der Waals surface area contributed by atoms with Gasteiger partial charge < -0.3 is 10.7 Å². The molecule has 0 aliphatic carbocycles. The van der Waals surface area contributed by atoms with Crippen molar-refractivity contribution in [1.29, 1.82) is 0 Å². The SMILES string of the molecule is C=C/C=N\c1[nH]c(N)nc1C=C. The first-order chi connectivity index (χ1) is 5.77. The molecule has 12 heavy (non-hydrogen) atoms. The molecule has 0 aliphatic heterocycles. The fourth-order valence-electron chi connectivity index (χ4n) is 0.764. The minimum Gasteiger partial charge on any atom is -0.369 e. The number of nitrogens with zero attached hydrogens (tertiary/aromatic N) is 2. The third kappa shape index (κ3) is 1.60. The fraction of sp³-hybridized carbons (Fsp3) is 0. The second-order valence-electron chi connectivity index (χ2n) is 2.07. The van der Waals surface area contributed by atoms with Crippen LogP contribution in [0, 0.1) is 0 Å². The summed E-state index contributed by atoms with van der Waals surface area (Å²) in [6.45, 7) is 7.07. The molecule has 1 heterocycles. The second kappa shape index (κ2) is 3.52. The highest BCUT2D eigenvalue weighted by molar-refractivity contribution is 5.75. The zero-order valence-electron chi connectivity index (χ0n) is 6.62. The third-order valence-corrected chi connectivity index (χ3v) is 1.23. The van der Waals surface area contributed by atoms with Crippen LogP contribution in [-0.4, -0.2) is 16.2 Å². The highest BCUT2D eigenvalue weighted by Gasteiger charge is 2.01. The summed E-state index contributed by atoms with van der Waals surface area (Å²) in [5, 5.41) is 0. The molecule has 0 bridgehead atoms. The zero-order chi connectivity index (χ0) is 8.97. The number of allylic oxidation sites excluding steroid dienone is 1. The number of aromatic nitrogens is 2. The van der Waals surface area contributed by atoms with E-state index >= 15 is 0 Å². The van der Waals surface area contributed by atoms with Gasteiger partial charge in [-0.2, -0.15) is 0 Å². The number of anilines is 1. The first-order valence-electron chi connectivity index (χ1n) is 3.41. The molecule has 1 rings (SSSR count). The minimum absolute atomic E-state index is 0.334. The van der Waals surface area contributed by atoms with Gasteiger partial charge >= 0.3 is 0 Å². The Bertz CT molecular complexity index is 322. The number of rotatable bonds is 3. The minimum atomic E-state index is 0.334. The molecule has 1 aromatic rings. The molecule has 0 aromatic carbocycles. The summed E-state index contributed by atoms with van der Waals surface area (Å²) in [6, 6.07) is 0. The van der Waals surface area contributed by atoms with Gasteiger partial charge in [-0.05, 0) is 6.08 Å². The number of H-pyrrole nitrogens is 1. The van der Waals surface area contributed by atoms with Crippen LogP contribution in [0.1, 0.15) is 5.69 Å². The van der Waals surface area contributed by atoms with Crippen LogP contribution in [0.3, 0.4) is 0 Å². The molecule has 0 saturated carbocycles. The van der Waals surface area contributed by atoms with Crippen molar-refractivity contribution >= 4 is 24.1 Å². The number of imidazole rings is 1. The van der Waals surface area contributed by atoms with Crippen molar-refractivity contribution in [2.45, 2.75) is 0 Å². The lowest BCUT2D eigenvalue weighted by molar-refractivity contribution is 1.31. The lowest BCUT2D eigenvalue weighted by atomic mass is 10.4. The Kier molecular flexibility index (Phi) is 2.42. The molecule has 1 aromatic heterocycles. The third-order valence-electron chi connectivity index (χ3n) is 1.23. The number of nitrogens with two attached hydrogens (primary N) is 1. The summed E-state index contributed by atoms with van der Waals surface area (Å²) in [5.41, 5.74) is 6.06. The monoisotopic (exact) mass is 162 g/mol. The molecule has 4 heteroatoms.